The summed E-state index contributed by atoms with van der Waals surface area (Å²) < 4.78 is 44.0. The normalized spacial score (nSPS) is 11.9. The van der Waals surface area contributed by atoms with Crippen LogP contribution in [0.1, 0.15) is 32.2 Å². The van der Waals surface area contributed by atoms with Crippen molar-refractivity contribution in [2.75, 3.05) is 5.32 Å². The van der Waals surface area contributed by atoms with Gasteiger partial charge < -0.3 is 14.8 Å². The predicted octanol–water partition coefficient (Wildman–Crippen LogP) is 5.78. The molecule has 0 saturated heterocycles. The average Bonchev–Trinajstić information content (AvgIpc) is 3.14. The summed E-state index contributed by atoms with van der Waals surface area (Å²) in [4.78, 5) is 12.7. The number of benzene rings is 2. The third-order valence-corrected chi connectivity index (χ3v) is 4.45. The Labute approximate surface area is 176 Å². The quantitative estimate of drug-likeness (QED) is 0.529. The lowest BCUT2D eigenvalue weighted by Gasteiger charge is -2.31. The molecule has 7 nitrogen and oxygen atoms in total. The number of nitrogens with zero attached hydrogens (tertiary/aromatic N) is 3. The second kappa shape index (κ2) is 8.29. The van der Waals surface area contributed by atoms with Crippen LogP contribution in [0.3, 0.4) is 0 Å². The molecular formula is C21H21F3N4O3. The van der Waals surface area contributed by atoms with Crippen LogP contribution in [0.25, 0.3) is 11.5 Å². The van der Waals surface area contributed by atoms with E-state index in [-0.39, 0.29) is 18.3 Å². The van der Waals surface area contributed by atoms with Crippen LogP contribution < -0.4 is 5.32 Å². The number of hydrogen-bond donors (Lipinski definition) is 2. The summed E-state index contributed by atoms with van der Waals surface area (Å²) in [6, 6.07) is 11.6. The second-order valence-corrected chi connectivity index (χ2v) is 7.79. The Kier molecular flexibility index (Phi) is 5.92. The van der Waals surface area contributed by atoms with Crippen molar-refractivity contribution < 1.29 is 27.5 Å². The summed E-state index contributed by atoms with van der Waals surface area (Å²) in [5.74, 6) is 0.279. The molecule has 0 aliphatic heterocycles. The molecule has 0 bridgehead atoms. The first-order chi connectivity index (χ1) is 14.4. The number of para-hydroxylation sites is 1. The molecule has 0 fully saturated rings. The van der Waals surface area contributed by atoms with Gasteiger partial charge in [0.1, 0.15) is 6.54 Å². The maximum atomic E-state index is 12.8. The van der Waals surface area contributed by atoms with Crippen LogP contribution >= 0.6 is 0 Å². The zero-order valence-corrected chi connectivity index (χ0v) is 17.1. The van der Waals surface area contributed by atoms with Gasteiger partial charge in [0.15, 0.2) is 0 Å². The lowest BCUT2D eigenvalue weighted by molar-refractivity contribution is -0.137. The SMILES string of the molecule is CC(C)(C)N(Cc1nnc(-c2ccccc2Nc2ccc(C(F)(F)F)cc2)o1)C(=O)O. The van der Waals surface area contributed by atoms with Crippen molar-refractivity contribution in [3.05, 3.63) is 60.0 Å². The van der Waals surface area contributed by atoms with Gasteiger partial charge in [-0.15, -0.1) is 10.2 Å². The van der Waals surface area contributed by atoms with Gasteiger partial charge in [0.05, 0.1) is 16.8 Å². The number of alkyl halides is 3. The number of carbonyl (C=O) groups is 1. The van der Waals surface area contributed by atoms with E-state index in [1.165, 1.54) is 17.0 Å². The molecule has 164 valence electrons. The molecule has 3 aromatic rings. The van der Waals surface area contributed by atoms with Crippen molar-refractivity contribution in [3.8, 4) is 11.5 Å². The third-order valence-electron chi connectivity index (χ3n) is 4.45. The van der Waals surface area contributed by atoms with Crippen LogP contribution in [0.15, 0.2) is 52.9 Å². The molecule has 0 aliphatic rings. The molecule has 0 atom stereocenters. The van der Waals surface area contributed by atoms with Gasteiger partial charge >= 0.3 is 12.3 Å². The molecule has 0 unspecified atom stereocenters. The first-order valence-electron chi connectivity index (χ1n) is 9.32. The highest BCUT2D eigenvalue weighted by Gasteiger charge is 2.30. The summed E-state index contributed by atoms with van der Waals surface area (Å²) in [6.45, 7) is 5.17. The molecule has 10 heteroatoms. The molecule has 0 spiro atoms. The molecule has 2 N–H and O–H groups in total. The third kappa shape index (κ3) is 5.33. The number of anilines is 2. The Bertz CT molecular complexity index is 1060. The van der Waals surface area contributed by atoms with E-state index in [2.05, 4.69) is 15.5 Å². The Morgan fingerprint density at radius 1 is 1.06 bits per heavy atom. The van der Waals surface area contributed by atoms with Crippen LogP contribution in [0.2, 0.25) is 0 Å². The molecule has 1 aromatic heterocycles. The number of rotatable bonds is 5. The van der Waals surface area contributed by atoms with E-state index in [0.717, 1.165) is 12.1 Å². The van der Waals surface area contributed by atoms with Crippen LogP contribution in [0.4, 0.5) is 29.3 Å². The Morgan fingerprint density at radius 2 is 1.71 bits per heavy atom. The van der Waals surface area contributed by atoms with Crippen LogP contribution in [-0.4, -0.2) is 31.8 Å². The fraction of sp³-hybridized carbons (Fsp3) is 0.286. The minimum absolute atomic E-state index is 0.0830. The van der Waals surface area contributed by atoms with Gasteiger partial charge in [0.25, 0.3) is 0 Å². The van der Waals surface area contributed by atoms with E-state index in [1.54, 1.807) is 45.0 Å². The van der Waals surface area contributed by atoms with Crippen molar-refractivity contribution in [2.45, 2.75) is 39.0 Å². The van der Waals surface area contributed by atoms with Crippen LogP contribution in [0.5, 0.6) is 0 Å². The van der Waals surface area contributed by atoms with E-state index in [4.69, 9.17) is 4.42 Å². The van der Waals surface area contributed by atoms with Gasteiger partial charge in [-0.25, -0.2) is 4.79 Å². The first kappa shape index (κ1) is 22.1. The summed E-state index contributed by atoms with van der Waals surface area (Å²) in [7, 11) is 0. The maximum absolute atomic E-state index is 12.8. The molecule has 2 aromatic carbocycles. The van der Waals surface area contributed by atoms with Crippen LogP contribution in [0, 0.1) is 0 Å². The van der Waals surface area contributed by atoms with Crippen molar-refractivity contribution in [3.63, 3.8) is 0 Å². The topological polar surface area (TPSA) is 91.5 Å². The highest BCUT2D eigenvalue weighted by atomic mass is 19.4. The summed E-state index contributed by atoms with van der Waals surface area (Å²) in [5, 5.41) is 20.4. The Morgan fingerprint density at radius 3 is 2.29 bits per heavy atom. The van der Waals surface area contributed by atoms with E-state index in [1.807, 2.05) is 0 Å². The fourth-order valence-electron chi connectivity index (χ4n) is 2.83. The summed E-state index contributed by atoms with van der Waals surface area (Å²) in [5.41, 5.74) is 0.115. The lowest BCUT2D eigenvalue weighted by atomic mass is 10.1. The molecule has 0 aliphatic carbocycles. The van der Waals surface area contributed by atoms with Gasteiger partial charge in [0.2, 0.25) is 11.8 Å². The minimum Gasteiger partial charge on any atom is -0.465 e. The van der Waals surface area contributed by atoms with Gasteiger partial charge in [-0.1, -0.05) is 12.1 Å². The summed E-state index contributed by atoms with van der Waals surface area (Å²) >= 11 is 0. The number of hydrogen-bond acceptors (Lipinski definition) is 5. The molecule has 1 heterocycles. The van der Waals surface area contributed by atoms with Gasteiger partial charge in [-0.2, -0.15) is 13.2 Å². The number of amides is 1. The predicted molar refractivity (Wildman–Crippen MR) is 108 cm³/mol. The van der Waals surface area contributed by atoms with Crippen molar-refractivity contribution in [1.29, 1.82) is 0 Å². The number of carboxylic acid groups (broad SMARTS) is 1. The first-order valence-corrected chi connectivity index (χ1v) is 9.32. The zero-order valence-electron chi connectivity index (χ0n) is 17.1. The molecule has 0 saturated carbocycles. The Hall–Kier alpha value is -3.56. The largest absolute Gasteiger partial charge is 0.465 e. The van der Waals surface area contributed by atoms with E-state index in [0.29, 0.717) is 16.9 Å². The highest BCUT2D eigenvalue weighted by Crippen LogP contribution is 2.33. The molecule has 31 heavy (non-hydrogen) atoms. The highest BCUT2D eigenvalue weighted by molar-refractivity contribution is 5.76. The fourth-order valence-corrected chi connectivity index (χ4v) is 2.83. The van der Waals surface area contributed by atoms with Gasteiger partial charge in [0, 0.05) is 11.2 Å². The maximum Gasteiger partial charge on any atom is 0.416 e. The van der Waals surface area contributed by atoms with Crippen LogP contribution in [-0.2, 0) is 12.7 Å². The molecular weight excluding hydrogens is 413 g/mol. The summed E-state index contributed by atoms with van der Waals surface area (Å²) in [6.07, 6.45) is -5.52. The average molecular weight is 434 g/mol. The smallest absolute Gasteiger partial charge is 0.416 e. The molecule has 1 amide bonds. The number of halogens is 3. The number of aromatic nitrogens is 2. The Balaban J connectivity index is 1.83. The molecule has 0 radical (unpaired) electrons. The van der Waals surface area contributed by atoms with Gasteiger partial charge in [-0.05, 0) is 57.2 Å². The second-order valence-electron chi connectivity index (χ2n) is 7.79. The zero-order chi connectivity index (χ0) is 22.8. The molecule has 3 rings (SSSR count). The van der Waals surface area contributed by atoms with E-state index < -0.39 is 23.4 Å². The van der Waals surface area contributed by atoms with Crippen molar-refractivity contribution in [1.82, 2.24) is 15.1 Å². The van der Waals surface area contributed by atoms with E-state index in [9.17, 15) is 23.1 Å². The van der Waals surface area contributed by atoms with E-state index >= 15 is 0 Å². The number of nitrogens with one attached hydrogen (secondary N) is 1. The monoisotopic (exact) mass is 434 g/mol. The lowest BCUT2D eigenvalue weighted by Crippen LogP contribution is -2.44. The van der Waals surface area contributed by atoms with Gasteiger partial charge in [-0.3, -0.25) is 4.90 Å². The minimum atomic E-state index is -4.41. The standard InChI is InChI=1S/C21H21F3N4O3/c1-20(2,3)28(19(29)30)12-17-26-27-18(31-17)15-6-4-5-7-16(15)25-14-10-8-13(9-11-14)21(22,23)24/h4-11,25H,12H2,1-3H3,(H,29,30). The van der Waals surface area contributed by atoms with Crippen molar-refractivity contribution in [2.24, 2.45) is 0 Å². The van der Waals surface area contributed by atoms with Crippen molar-refractivity contribution >= 4 is 17.5 Å².